The quantitative estimate of drug-likeness (QED) is 0.480. The van der Waals surface area contributed by atoms with Gasteiger partial charge in [0.15, 0.2) is 0 Å². The smallest absolute Gasteiger partial charge is 0.230 e. The molecule has 8 nitrogen and oxygen atoms in total. The third-order valence-corrected chi connectivity index (χ3v) is 5.48. The van der Waals surface area contributed by atoms with Gasteiger partial charge in [-0.3, -0.25) is 38.9 Å². The lowest BCUT2D eigenvalue weighted by Crippen LogP contribution is -2.26. The molecule has 0 aliphatic rings. The Morgan fingerprint density at radius 2 is 1.24 bits per heavy atom. The Hall–Kier alpha value is -4.20. The number of carbonyl (C=O) groups excluding carboxylic acids is 4. The van der Waals surface area contributed by atoms with E-state index in [9.17, 15) is 19.2 Å². The van der Waals surface area contributed by atoms with Crippen molar-refractivity contribution in [2.45, 2.75) is 40.5 Å². The average molecular weight is 459 g/mol. The standard InChI is InChI=1S/C26H26N4O4/c1-17-25(13-21-8-10-23(11-9-21)29(15-31)19(3)33)27-18(2)26(28-17)14-22-6-5-7-24(12-22)30(16-32)20(4)34/h5-12,15-16H,13-14H2,1-4H3. The second-order valence-electron chi connectivity index (χ2n) is 7.97. The van der Waals surface area contributed by atoms with Gasteiger partial charge in [0.25, 0.3) is 0 Å². The first-order chi connectivity index (χ1) is 16.2. The van der Waals surface area contributed by atoms with Gasteiger partial charge in [-0.1, -0.05) is 24.3 Å². The van der Waals surface area contributed by atoms with E-state index in [0.717, 1.165) is 43.7 Å². The number of benzene rings is 2. The summed E-state index contributed by atoms with van der Waals surface area (Å²) in [4.78, 5) is 57.2. The number of hydrogen-bond donors (Lipinski definition) is 0. The van der Waals surface area contributed by atoms with Crippen LogP contribution in [0.25, 0.3) is 0 Å². The van der Waals surface area contributed by atoms with E-state index < -0.39 is 0 Å². The predicted molar refractivity (Wildman–Crippen MR) is 128 cm³/mol. The Morgan fingerprint density at radius 3 is 1.74 bits per heavy atom. The summed E-state index contributed by atoms with van der Waals surface area (Å²) in [6.07, 6.45) is 2.08. The molecule has 0 saturated heterocycles. The van der Waals surface area contributed by atoms with Crippen molar-refractivity contribution < 1.29 is 19.2 Å². The fourth-order valence-corrected chi connectivity index (χ4v) is 3.64. The lowest BCUT2D eigenvalue weighted by atomic mass is 10.0. The molecule has 4 amide bonds. The molecule has 0 saturated carbocycles. The molecule has 0 aliphatic carbocycles. The molecule has 3 rings (SSSR count). The number of rotatable bonds is 8. The summed E-state index contributed by atoms with van der Waals surface area (Å²) in [6, 6.07) is 14.4. The number of aromatic nitrogens is 2. The Morgan fingerprint density at radius 1 is 0.735 bits per heavy atom. The first-order valence-electron chi connectivity index (χ1n) is 10.7. The van der Waals surface area contributed by atoms with Gasteiger partial charge in [-0.25, -0.2) is 0 Å². The van der Waals surface area contributed by atoms with E-state index in [4.69, 9.17) is 9.97 Å². The highest BCUT2D eigenvalue weighted by Gasteiger charge is 2.14. The topological polar surface area (TPSA) is 101 Å². The van der Waals surface area contributed by atoms with Crippen LogP contribution in [0.4, 0.5) is 11.4 Å². The van der Waals surface area contributed by atoms with Crippen molar-refractivity contribution in [3.8, 4) is 0 Å². The van der Waals surface area contributed by atoms with Gasteiger partial charge < -0.3 is 0 Å². The van der Waals surface area contributed by atoms with E-state index in [1.54, 1.807) is 30.3 Å². The van der Waals surface area contributed by atoms with Crippen molar-refractivity contribution in [3.05, 3.63) is 82.4 Å². The van der Waals surface area contributed by atoms with Gasteiger partial charge in [-0.15, -0.1) is 0 Å². The first-order valence-corrected chi connectivity index (χ1v) is 10.7. The SMILES string of the molecule is CC(=O)N(C=O)c1ccc(Cc2nc(C)c(Cc3cccc(N(C=O)C(C)=O)c3)nc2C)cc1. The fourth-order valence-electron chi connectivity index (χ4n) is 3.64. The molecule has 34 heavy (non-hydrogen) atoms. The average Bonchev–Trinajstić information content (AvgIpc) is 2.79. The monoisotopic (exact) mass is 458 g/mol. The number of imide groups is 2. The van der Waals surface area contributed by atoms with Crippen molar-refractivity contribution in [1.82, 2.24) is 9.97 Å². The van der Waals surface area contributed by atoms with E-state index in [1.165, 1.54) is 13.8 Å². The molecule has 0 radical (unpaired) electrons. The third-order valence-electron chi connectivity index (χ3n) is 5.48. The van der Waals surface area contributed by atoms with Crippen LogP contribution in [0.15, 0.2) is 48.5 Å². The van der Waals surface area contributed by atoms with Crippen molar-refractivity contribution in [3.63, 3.8) is 0 Å². The maximum atomic E-state index is 11.7. The Balaban J connectivity index is 1.79. The molecule has 1 heterocycles. The maximum absolute atomic E-state index is 11.7. The minimum absolute atomic E-state index is 0.346. The van der Waals surface area contributed by atoms with E-state index >= 15 is 0 Å². The van der Waals surface area contributed by atoms with Gasteiger partial charge >= 0.3 is 0 Å². The van der Waals surface area contributed by atoms with Crippen molar-refractivity contribution >= 4 is 36.0 Å². The zero-order valence-corrected chi connectivity index (χ0v) is 19.6. The van der Waals surface area contributed by atoms with E-state index in [1.807, 2.05) is 32.0 Å². The number of anilines is 2. The molecule has 0 aliphatic heterocycles. The predicted octanol–water partition coefficient (Wildman–Crippen LogP) is 3.29. The molecule has 0 fully saturated rings. The van der Waals surface area contributed by atoms with Crippen LogP contribution in [0, 0.1) is 13.8 Å². The van der Waals surface area contributed by atoms with E-state index in [-0.39, 0.29) is 11.8 Å². The minimum Gasteiger partial charge on any atom is -0.278 e. The summed E-state index contributed by atoms with van der Waals surface area (Å²) in [5.74, 6) is -0.696. The highest BCUT2D eigenvalue weighted by Crippen LogP contribution is 2.21. The largest absolute Gasteiger partial charge is 0.278 e. The zero-order valence-electron chi connectivity index (χ0n) is 19.6. The number of aryl methyl sites for hydroxylation is 2. The second-order valence-corrected chi connectivity index (χ2v) is 7.97. The Bertz CT molecular complexity index is 1240. The normalized spacial score (nSPS) is 10.5. The molecule has 174 valence electrons. The van der Waals surface area contributed by atoms with Crippen molar-refractivity contribution in [2.75, 3.05) is 9.80 Å². The maximum Gasteiger partial charge on any atom is 0.230 e. The minimum atomic E-state index is -0.350. The van der Waals surface area contributed by atoms with E-state index in [2.05, 4.69) is 0 Å². The van der Waals surface area contributed by atoms with Crippen LogP contribution in [0.3, 0.4) is 0 Å². The van der Waals surface area contributed by atoms with Gasteiger partial charge in [0.05, 0.1) is 34.2 Å². The highest BCUT2D eigenvalue weighted by atomic mass is 16.2. The Kier molecular flexibility index (Phi) is 7.63. The molecular formula is C26H26N4O4. The molecule has 3 aromatic rings. The van der Waals surface area contributed by atoms with Gasteiger partial charge in [-0.2, -0.15) is 0 Å². The molecule has 1 aromatic heterocycles. The van der Waals surface area contributed by atoms with Gasteiger partial charge in [0, 0.05) is 26.7 Å². The van der Waals surface area contributed by atoms with Gasteiger partial charge in [0.2, 0.25) is 24.6 Å². The van der Waals surface area contributed by atoms with Crippen LogP contribution in [0.5, 0.6) is 0 Å². The zero-order chi connectivity index (χ0) is 24.8. The number of amides is 4. The van der Waals surface area contributed by atoms with Gasteiger partial charge in [-0.05, 0) is 49.2 Å². The number of carbonyl (C=O) groups is 4. The summed E-state index contributed by atoms with van der Waals surface area (Å²) in [5, 5.41) is 0. The lowest BCUT2D eigenvalue weighted by Gasteiger charge is -2.15. The molecule has 0 atom stereocenters. The summed E-state index contributed by atoms with van der Waals surface area (Å²) >= 11 is 0. The number of nitrogens with zero attached hydrogens (tertiary/aromatic N) is 4. The van der Waals surface area contributed by atoms with Crippen LogP contribution in [0.2, 0.25) is 0 Å². The molecule has 0 unspecified atom stereocenters. The first kappa shape index (κ1) is 24.4. The summed E-state index contributed by atoms with van der Waals surface area (Å²) < 4.78 is 0. The molecule has 0 bridgehead atoms. The Labute approximate surface area is 198 Å². The summed E-state index contributed by atoms with van der Waals surface area (Å²) in [6.45, 7) is 6.49. The molecule has 0 N–H and O–H groups in total. The number of hydrogen-bond acceptors (Lipinski definition) is 6. The summed E-state index contributed by atoms with van der Waals surface area (Å²) in [5.41, 5.74) is 6.18. The molecule has 0 spiro atoms. The van der Waals surface area contributed by atoms with E-state index in [0.29, 0.717) is 37.0 Å². The third kappa shape index (κ3) is 5.58. The van der Waals surface area contributed by atoms with Crippen LogP contribution in [0.1, 0.15) is 47.8 Å². The second kappa shape index (κ2) is 10.6. The molecular weight excluding hydrogens is 432 g/mol. The van der Waals surface area contributed by atoms with Crippen LogP contribution in [-0.4, -0.2) is 34.6 Å². The highest BCUT2D eigenvalue weighted by molar-refractivity contribution is 6.06. The van der Waals surface area contributed by atoms with Gasteiger partial charge in [0.1, 0.15) is 0 Å². The van der Waals surface area contributed by atoms with Crippen LogP contribution >= 0.6 is 0 Å². The van der Waals surface area contributed by atoms with Crippen LogP contribution in [-0.2, 0) is 32.0 Å². The van der Waals surface area contributed by atoms with Crippen molar-refractivity contribution in [1.29, 1.82) is 0 Å². The molecule has 8 heteroatoms. The fraction of sp³-hybridized carbons (Fsp3) is 0.231. The lowest BCUT2D eigenvalue weighted by molar-refractivity contribution is -0.121. The summed E-state index contributed by atoms with van der Waals surface area (Å²) in [7, 11) is 0. The van der Waals surface area contributed by atoms with Crippen molar-refractivity contribution in [2.24, 2.45) is 0 Å². The van der Waals surface area contributed by atoms with Crippen LogP contribution < -0.4 is 9.80 Å². The molecule has 2 aromatic carbocycles.